The van der Waals surface area contributed by atoms with Crippen molar-refractivity contribution >= 4 is 11.9 Å². The van der Waals surface area contributed by atoms with Crippen molar-refractivity contribution in [2.75, 3.05) is 13.2 Å². The van der Waals surface area contributed by atoms with Gasteiger partial charge in [-0.05, 0) is 64.2 Å². The molecule has 0 radical (unpaired) electrons. The highest BCUT2D eigenvalue weighted by Gasteiger charge is 2.18. The molecule has 0 heterocycles. The van der Waals surface area contributed by atoms with Gasteiger partial charge in [0.1, 0.15) is 0 Å². The highest BCUT2D eigenvalue weighted by Crippen LogP contribution is 2.19. The second-order valence-electron chi connectivity index (χ2n) is 26.3. The zero-order valence-corrected chi connectivity index (χ0v) is 56.9. The maximum absolute atomic E-state index is 12.5. The van der Waals surface area contributed by atoms with Crippen LogP contribution in [0.25, 0.3) is 0 Å². The number of amides is 1. The van der Waals surface area contributed by atoms with E-state index in [9.17, 15) is 19.8 Å². The molecule has 0 aromatic carbocycles. The molecule has 2 unspecified atom stereocenters. The fraction of sp³-hybridized carbons (Fsp3) is 0.897. The third-order valence-corrected chi connectivity index (χ3v) is 17.9. The van der Waals surface area contributed by atoms with Crippen LogP contribution < -0.4 is 5.32 Å². The van der Waals surface area contributed by atoms with Crippen LogP contribution in [0.15, 0.2) is 36.5 Å². The van der Waals surface area contributed by atoms with Gasteiger partial charge in [-0.2, -0.15) is 0 Å². The highest BCUT2D eigenvalue weighted by atomic mass is 16.5. The predicted octanol–water partition coefficient (Wildman–Crippen LogP) is 25.0. The fourth-order valence-electron chi connectivity index (χ4n) is 12.1. The molecule has 0 saturated heterocycles. The molecular weight excluding hydrogens is 1030 g/mol. The van der Waals surface area contributed by atoms with Crippen LogP contribution in [0, 0.1) is 0 Å². The summed E-state index contributed by atoms with van der Waals surface area (Å²) in [5, 5.41) is 23.3. The lowest BCUT2D eigenvalue weighted by molar-refractivity contribution is -0.143. The van der Waals surface area contributed by atoms with Crippen LogP contribution in [0.2, 0.25) is 0 Å². The molecule has 0 spiro atoms. The Labute approximate surface area is 525 Å². The quantitative estimate of drug-likeness (QED) is 0.0320. The van der Waals surface area contributed by atoms with Gasteiger partial charge in [0.2, 0.25) is 5.91 Å². The van der Waals surface area contributed by atoms with E-state index in [1.165, 1.54) is 347 Å². The van der Waals surface area contributed by atoms with Crippen LogP contribution in [0.4, 0.5) is 0 Å². The van der Waals surface area contributed by atoms with Crippen molar-refractivity contribution in [3.05, 3.63) is 36.5 Å². The average molecular weight is 1180 g/mol. The van der Waals surface area contributed by atoms with E-state index >= 15 is 0 Å². The minimum absolute atomic E-state index is 0.00743. The van der Waals surface area contributed by atoms with Crippen LogP contribution in [0.3, 0.4) is 0 Å². The number of ether oxygens (including phenoxy) is 1. The number of aliphatic hydroxyl groups is 2. The number of esters is 1. The smallest absolute Gasteiger partial charge is 0.305 e. The Hall–Kier alpha value is -1.92. The van der Waals surface area contributed by atoms with Crippen molar-refractivity contribution in [3.63, 3.8) is 0 Å². The number of unbranched alkanes of at least 4 members (excludes halogenated alkanes) is 57. The number of nitrogens with one attached hydrogen (secondary N) is 1. The molecule has 0 saturated carbocycles. The van der Waals surface area contributed by atoms with E-state index in [1.807, 2.05) is 6.08 Å². The SMILES string of the molecule is CCCCC/C=C\C/C=C\CCCCCCCC(=O)OCCCCCCCCCCCCCCCCCCCCCCCCCCCCCCCCCCC(=O)NC(CO)C(O)/C=C/CCCCCCCCCCCCCCCCCCCC. The molecule has 6 heteroatoms. The Balaban J connectivity index is 3.35. The normalized spacial score (nSPS) is 12.7. The first-order chi connectivity index (χ1) is 41.5. The number of hydrogen-bond donors (Lipinski definition) is 3. The Morgan fingerprint density at radius 1 is 0.333 bits per heavy atom. The van der Waals surface area contributed by atoms with E-state index in [0.29, 0.717) is 19.4 Å². The molecule has 0 aromatic rings. The Bertz CT molecular complexity index is 1360. The molecule has 0 aliphatic carbocycles. The number of rotatable bonds is 72. The second-order valence-corrected chi connectivity index (χ2v) is 26.3. The van der Waals surface area contributed by atoms with Crippen molar-refractivity contribution in [2.45, 2.75) is 437 Å². The summed E-state index contributed by atoms with van der Waals surface area (Å²) in [5.41, 5.74) is 0. The van der Waals surface area contributed by atoms with Gasteiger partial charge in [-0.3, -0.25) is 9.59 Å². The zero-order chi connectivity index (χ0) is 60.6. The van der Waals surface area contributed by atoms with Crippen molar-refractivity contribution < 1.29 is 24.5 Å². The monoisotopic (exact) mass is 1180 g/mol. The van der Waals surface area contributed by atoms with Crippen molar-refractivity contribution in [2.24, 2.45) is 0 Å². The molecule has 6 nitrogen and oxygen atoms in total. The molecule has 0 aromatic heterocycles. The lowest BCUT2D eigenvalue weighted by Crippen LogP contribution is -2.45. The first kappa shape index (κ1) is 82.1. The summed E-state index contributed by atoms with van der Waals surface area (Å²) in [4.78, 5) is 24.6. The first-order valence-electron chi connectivity index (χ1n) is 38.3. The van der Waals surface area contributed by atoms with E-state index < -0.39 is 12.1 Å². The zero-order valence-electron chi connectivity index (χ0n) is 56.9. The van der Waals surface area contributed by atoms with Crippen LogP contribution in [0.1, 0.15) is 425 Å². The maximum Gasteiger partial charge on any atom is 0.305 e. The molecule has 0 rings (SSSR count). The lowest BCUT2D eigenvalue weighted by Gasteiger charge is -2.20. The first-order valence-corrected chi connectivity index (χ1v) is 38.3. The van der Waals surface area contributed by atoms with E-state index in [2.05, 4.69) is 43.5 Å². The second kappa shape index (κ2) is 73.5. The molecular formula is C78H149NO5. The summed E-state index contributed by atoms with van der Waals surface area (Å²) >= 11 is 0. The molecule has 3 N–H and O–H groups in total. The number of hydrogen-bond acceptors (Lipinski definition) is 5. The van der Waals surface area contributed by atoms with E-state index in [0.717, 1.165) is 51.4 Å². The molecule has 1 amide bonds. The van der Waals surface area contributed by atoms with E-state index in [4.69, 9.17) is 4.74 Å². The van der Waals surface area contributed by atoms with E-state index in [1.54, 1.807) is 6.08 Å². The summed E-state index contributed by atoms with van der Waals surface area (Å²) in [6, 6.07) is -0.625. The van der Waals surface area contributed by atoms with Gasteiger partial charge in [-0.1, -0.05) is 384 Å². The number of allylic oxidation sites excluding steroid dienone is 5. The highest BCUT2D eigenvalue weighted by molar-refractivity contribution is 5.76. The number of carbonyl (C=O) groups excluding carboxylic acids is 2. The van der Waals surface area contributed by atoms with Crippen molar-refractivity contribution in [3.8, 4) is 0 Å². The largest absolute Gasteiger partial charge is 0.466 e. The average Bonchev–Trinajstić information content (AvgIpc) is 3.51. The Morgan fingerprint density at radius 3 is 0.929 bits per heavy atom. The fourth-order valence-corrected chi connectivity index (χ4v) is 12.1. The molecule has 0 bridgehead atoms. The molecule has 0 aliphatic rings. The van der Waals surface area contributed by atoms with Crippen LogP contribution in [-0.2, 0) is 14.3 Å². The summed E-state index contributed by atoms with van der Waals surface area (Å²) in [6.07, 6.45) is 95.4. The standard InChI is InChI=1S/C78H149NO5/c1-3-5-7-9-11-13-15-17-19-20-21-36-39-43-46-50-54-58-62-66-70-76(81)75(74-80)79-77(82)71-67-63-59-55-51-47-44-40-37-34-32-30-28-26-24-22-23-25-27-29-31-33-35-38-41-45-49-53-57-61-65-69-73-84-78(83)72-68-64-60-56-52-48-42-18-16-14-12-10-8-6-4-2/h12,14,18,42,66,70,75-76,80-81H,3-11,13,15-17,19-41,43-65,67-69,71-74H2,1-2H3,(H,79,82)/b14-12-,42-18-,70-66+. The van der Waals surface area contributed by atoms with Gasteiger partial charge in [-0.25, -0.2) is 0 Å². The summed E-state index contributed by atoms with van der Waals surface area (Å²) in [7, 11) is 0. The van der Waals surface area contributed by atoms with Gasteiger partial charge in [0.15, 0.2) is 0 Å². The van der Waals surface area contributed by atoms with Crippen molar-refractivity contribution in [1.29, 1.82) is 0 Å². The minimum Gasteiger partial charge on any atom is -0.466 e. The molecule has 0 aliphatic heterocycles. The van der Waals surface area contributed by atoms with Gasteiger partial charge in [-0.15, -0.1) is 0 Å². The maximum atomic E-state index is 12.5. The Kier molecular flexibility index (Phi) is 71.9. The molecule has 0 fully saturated rings. The van der Waals surface area contributed by atoms with Crippen molar-refractivity contribution in [1.82, 2.24) is 5.32 Å². The molecule has 496 valence electrons. The van der Waals surface area contributed by atoms with Gasteiger partial charge in [0, 0.05) is 12.8 Å². The molecule has 84 heavy (non-hydrogen) atoms. The Morgan fingerprint density at radius 2 is 0.595 bits per heavy atom. The van der Waals surface area contributed by atoms with Crippen LogP contribution >= 0.6 is 0 Å². The van der Waals surface area contributed by atoms with Crippen LogP contribution in [-0.4, -0.2) is 47.4 Å². The van der Waals surface area contributed by atoms with Gasteiger partial charge < -0.3 is 20.3 Å². The summed E-state index contributed by atoms with van der Waals surface area (Å²) in [6.45, 7) is 4.92. The van der Waals surface area contributed by atoms with Gasteiger partial charge in [0.25, 0.3) is 0 Å². The topological polar surface area (TPSA) is 95.9 Å². The number of aliphatic hydroxyl groups excluding tert-OH is 2. The summed E-state index contributed by atoms with van der Waals surface area (Å²) < 4.78 is 5.49. The van der Waals surface area contributed by atoms with Crippen LogP contribution in [0.5, 0.6) is 0 Å². The minimum atomic E-state index is -0.842. The lowest BCUT2D eigenvalue weighted by atomic mass is 10.0. The molecule has 2 atom stereocenters. The third kappa shape index (κ3) is 69.2. The number of carbonyl (C=O) groups is 2. The van der Waals surface area contributed by atoms with Gasteiger partial charge >= 0.3 is 5.97 Å². The summed E-state index contributed by atoms with van der Waals surface area (Å²) in [5.74, 6) is -0.0520. The van der Waals surface area contributed by atoms with Gasteiger partial charge in [0.05, 0.1) is 25.4 Å². The predicted molar refractivity (Wildman–Crippen MR) is 370 cm³/mol. The van der Waals surface area contributed by atoms with E-state index in [-0.39, 0.29) is 18.5 Å². The third-order valence-electron chi connectivity index (χ3n) is 17.9.